The third-order valence-electron chi connectivity index (χ3n) is 5.08. The van der Waals surface area contributed by atoms with Crippen molar-refractivity contribution in [1.82, 2.24) is 0 Å². The van der Waals surface area contributed by atoms with Crippen molar-refractivity contribution in [2.75, 3.05) is 0 Å². The van der Waals surface area contributed by atoms with Gasteiger partial charge in [0.1, 0.15) is 6.29 Å². The predicted molar refractivity (Wildman–Crippen MR) is 118 cm³/mol. The molecule has 0 spiro atoms. The first-order chi connectivity index (χ1) is 13.6. The molecule has 0 N–H and O–H groups in total. The normalized spacial score (nSPS) is 10.6. The van der Waals surface area contributed by atoms with Gasteiger partial charge in [-0.15, -0.1) is 0 Å². The van der Waals surface area contributed by atoms with Crippen molar-refractivity contribution < 1.29 is 4.79 Å². The largest absolute Gasteiger partial charge is 0.298 e. The molecule has 0 heterocycles. The van der Waals surface area contributed by atoms with Crippen molar-refractivity contribution in [3.8, 4) is 33.4 Å². The molecule has 0 aliphatic rings. The van der Waals surface area contributed by atoms with Crippen LogP contribution < -0.4 is 0 Å². The third-order valence-corrected chi connectivity index (χ3v) is 5.08. The predicted octanol–water partition coefficient (Wildman–Crippen LogP) is 7.12. The van der Waals surface area contributed by atoms with Gasteiger partial charge in [-0.3, -0.25) is 4.79 Å². The van der Waals surface area contributed by atoms with Gasteiger partial charge in [0, 0.05) is 5.56 Å². The highest BCUT2D eigenvalue weighted by Gasteiger charge is 2.08. The van der Waals surface area contributed by atoms with Gasteiger partial charge >= 0.3 is 0 Å². The first kappa shape index (κ1) is 17.9. The van der Waals surface area contributed by atoms with Crippen molar-refractivity contribution in [1.29, 1.82) is 0 Å². The number of carbonyl (C=O) groups is 1. The van der Waals surface area contributed by atoms with Crippen LogP contribution >= 0.6 is 0 Å². The van der Waals surface area contributed by atoms with Crippen LogP contribution in [0.1, 0.15) is 21.5 Å². The Balaban J connectivity index is 1.87. The average Bonchev–Trinajstić information content (AvgIpc) is 2.74. The Labute approximate surface area is 166 Å². The molecule has 0 atom stereocenters. The summed E-state index contributed by atoms with van der Waals surface area (Å²) < 4.78 is 0. The van der Waals surface area contributed by atoms with E-state index in [0.29, 0.717) is 5.56 Å². The van der Waals surface area contributed by atoms with E-state index in [1.54, 1.807) is 0 Å². The molecular formula is C27H22O. The number of aldehydes is 1. The molecule has 0 amide bonds. The fourth-order valence-electron chi connectivity index (χ4n) is 3.37. The quantitative estimate of drug-likeness (QED) is 0.353. The van der Waals surface area contributed by atoms with Crippen LogP contribution in [-0.4, -0.2) is 6.29 Å². The lowest BCUT2D eigenvalue weighted by Gasteiger charge is -2.12. The number of benzene rings is 4. The Hall–Kier alpha value is -3.45. The van der Waals surface area contributed by atoms with Crippen LogP contribution in [-0.2, 0) is 0 Å². The van der Waals surface area contributed by atoms with Crippen LogP contribution in [0.5, 0.6) is 0 Å². The molecule has 0 aliphatic heterocycles. The summed E-state index contributed by atoms with van der Waals surface area (Å²) in [4.78, 5) is 11.0. The smallest absolute Gasteiger partial charge is 0.150 e. The number of hydrogen-bond donors (Lipinski definition) is 0. The van der Waals surface area contributed by atoms with Gasteiger partial charge in [-0.2, -0.15) is 0 Å². The van der Waals surface area contributed by atoms with E-state index in [1.807, 2.05) is 24.3 Å². The van der Waals surface area contributed by atoms with E-state index >= 15 is 0 Å². The Bertz CT molecular complexity index is 1040. The molecule has 0 saturated carbocycles. The highest BCUT2D eigenvalue weighted by atomic mass is 16.1. The molecule has 0 saturated heterocycles. The lowest BCUT2D eigenvalue weighted by molar-refractivity contribution is 0.112. The summed E-state index contributed by atoms with van der Waals surface area (Å²) in [7, 11) is 0. The van der Waals surface area contributed by atoms with Gasteiger partial charge in [0.15, 0.2) is 0 Å². The van der Waals surface area contributed by atoms with Crippen molar-refractivity contribution in [3.63, 3.8) is 0 Å². The molecule has 1 heteroatoms. The molecule has 0 bridgehead atoms. The number of aryl methyl sites for hydroxylation is 2. The summed E-state index contributed by atoms with van der Waals surface area (Å²) in [5.74, 6) is 0. The Morgan fingerprint density at radius 1 is 0.464 bits per heavy atom. The van der Waals surface area contributed by atoms with Gasteiger partial charge in [-0.1, -0.05) is 83.9 Å². The highest BCUT2D eigenvalue weighted by molar-refractivity contribution is 5.82. The van der Waals surface area contributed by atoms with E-state index in [2.05, 4.69) is 80.6 Å². The standard InChI is InChI=1S/C27H22O/c1-19-3-9-22(10-4-19)25-15-26(23-11-5-20(2)6-12-23)17-27(16-25)24-13-7-21(18-28)8-14-24/h3-18H,1-2H3. The monoisotopic (exact) mass is 362 g/mol. The van der Waals surface area contributed by atoms with Crippen LogP contribution in [0.15, 0.2) is 91.0 Å². The second-order valence-electron chi connectivity index (χ2n) is 7.27. The molecular weight excluding hydrogens is 340 g/mol. The van der Waals surface area contributed by atoms with Crippen molar-refractivity contribution in [2.45, 2.75) is 13.8 Å². The lowest BCUT2D eigenvalue weighted by Crippen LogP contribution is -1.87. The fourth-order valence-corrected chi connectivity index (χ4v) is 3.37. The van der Waals surface area contributed by atoms with E-state index in [4.69, 9.17) is 0 Å². The van der Waals surface area contributed by atoms with Crippen molar-refractivity contribution in [2.24, 2.45) is 0 Å². The zero-order valence-corrected chi connectivity index (χ0v) is 16.1. The van der Waals surface area contributed by atoms with E-state index in [-0.39, 0.29) is 0 Å². The number of hydrogen-bond acceptors (Lipinski definition) is 1. The lowest BCUT2D eigenvalue weighted by atomic mass is 9.92. The Morgan fingerprint density at radius 3 is 1.11 bits per heavy atom. The van der Waals surface area contributed by atoms with Crippen molar-refractivity contribution in [3.05, 3.63) is 108 Å². The minimum absolute atomic E-state index is 0.692. The average molecular weight is 362 g/mol. The summed E-state index contributed by atoms with van der Waals surface area (Å²) in [5.41, 5.74) is 10.2. The number of carbonyl (C=O) groups excluding carboxylic acids is 1. The zero-order valence-electron chi connectivity index (χ0n) is 16.1. The maximum atomic E-state index is 11.0. The molecule has 4 aromatic rings. The van der Waals surface area contributed by atoms with Gasteiger partial charge in [0.05, 0.1) is 0 Å². The van der Waals surface area contributed by atoms with Crippen LogP contribution in [0.25, 0.3) is 33.4 Å². The summed E-state index contributed by atoms with van der Waals surface area (Å²) in [6.07, 6.45) is 0.879. The molecule has 0 fully saturated rings. The van der Waals surface area contributed by atoms with E-state index in [9.17, 15) is 4.79 Å². The molecule has 28 heavy (non-hydrogen) atoms. The third kappa shape index (κ3) is 3.79. The van der Waals surface area contributed by atoms with Crippen LogP contribution in [0, 0.1) is 13.8 Å². The SMILES string of the molecule is Cc1ccc(-c2cc(-c3ccc(C)cc3)cc(-c3ccc(C=O)cc3)c2)cc1. The summed E-state index contributed by atoms with van der Waals surface area (Å²) in [6, 6.07) is 31.7. The van der Waals surface area contributed by atoms with Gasteiger partial charge in [-0.05, 0) is 65.4 Å². The second kappa shape index (κ2) is 7.66. The molecule has 4 aromatic carbocycles. The first-order valence-electron chi connectivity index (χ1n) is 9.47. The first-order valence-corrected chi connectivity index (χ1v) is 9.47. The highest BCUT2D eigenvalue weighted by Crippen LogP contribution is 2.33. The topological polar surface area (TPSA) is 17.1 Å². The van der Waals surface area contributed by atoms with Crippen molar-refractivity contribution >= 4 is 6.29 Å². The summed E-state index contributed by atoms with van der Waals surface area (Å²) in [5, 5.41) is 0. The van der Waals surface area contributed by atoms with Gasteiger partial charge in [0.2, 0.25) is 0 Å². The van der Waals surface area contributed by atoms with Gasteiger partial charge < -0.3 is 0 Å². The summed E-state index contributed by atoms with van der Waals surface area (Å²) >= 11 is 0. The Morgan fingerprint density at radius 2 is 0.786 bits per heavy atom. The van der Waals surface area contributed by atoms with Gasteiger partial charge in [-0.25, -0.2) is 0 Å². The van der Waals surface area contributed by atoms with Gasteiger partial charge in [0.25, 0.3) is 0 Å². The van der Waals surface area contributed by atoms with Crippen LogP contribution in [0.3, 0.4) is 0 Å². The molecule has 0 aromatic heterocycles. The number of rotatable bonds is 4. The maximum absolute atomic E-state index is 11.0. The van der Waals surface area contributed by atoms with Crippen LogP contribution in [0.2, 0.25) is 0 Å². The minimum Gasteiger partial charge on any atom is -0.298 e. The zero-order chi connectivity index (χ0) is 19.5. The maximum Gasteiger partial charge on any atom is 0.150 e. The van der Waals surface area contributed by atoms with E-state index in [1.165, 1.54) is 33.4 Å². The second-order valence-corrected chi connectivity index (χ2v) is 7.27. The molecule has 4 rings (SSSR count). The van der Waals surface area contributed by atoms with E-state index < -0.39 is 0 Å². The summed E-state index contributed by atoms with van der Waals surface area (Å²) in [6.45, 7) is 4.21. The molecule has 136 valence electrons. The van der Waals surface area contributed by atoms with Crippen LogP contribution in [0.4, 0.5) is 0 Å². The van der Waals surface area contributed by atoms with E-state index in [0.717, 1.165) is 17.4 Å². The fraction of sp³-hybridized carbons (Fsp3) is 0.0741. The molecule has 0 aliphatic carbocycles. The molecule has 0 radical (unpaired) electrons. The molecule has 1 nitrogen and oxygen atoms in total. The molecule has 0 unspecified atom stereocenters. The Kier molecular flexibility index (Phi) is 4.90. The minimum atomic E-state index is 0.692.